The molecule has 3 aromatic carbocycles. The second-order valence-electron chi connectivity index (χ2n) is 7.53. The minimum atomic E-state index is -0.612. The van der Waals surface area contributed by atoms with Crippen LogP contribution in [0.1, 0.15) is 5.56 Å². The van der Waals surface area contributed by atoms with Gasteiger partial charge in [0.05, 0.1) is 5.69 Å². The van der Waals surface area contributed by atoms with Gasteiger partial charge in [-0.05, 0) is 43.3 Å². The molecule has 0 aliphatic heterocycles. The fourth-order valence-electron chi connectivity index (χ4n) is 3.78. The first-order valence-corrected chi connectivity index (χ1v) is 10.1. The molecular weight excluding hydrogens is 406 g/mol. The van der Waals surface area contributed by atoms with Crippen LogP contribution in [0.2, 0.25) is 0 Å². The largest absolute Gasteiger partial charge is 0.449 e. The Kier molecular flexibility index (Phi) is 4.71. The summed E-state index contributed by atoms with van der Waals surface area (Å²) < 4.78 is 8.15. The molecule has 0 saturated carbocycles. The molecule has 0 unspecified atom stereocenters. The van der Waals surface area contributed by atoms with Gasteiger partial charge in [-0.1, -0.05) is 48.0 Å². The summed E-state index contributed by atoms with van der Waals surface area (Å²) in [6.45, 7) is 1.68. The second kappa shape index (κ2) is 7.70. The van der Waals surface area contributed by atoms with Crippen molar-refractivity contribution >= 4 is 33.7 Å². The van der Waals surface area contributed by atoms with Crippen molar-refractivity contribution in [2.75, 3.05) is 5.32 Å². The maximum atomic E-state index is 13.5. The number of carbonyl (C=O) groups is 1. The molecule has 1 amide bonds. The van der Waals surface area contributed by atoms with Gasteiger partial charge >= 0.3 is 11.2 Å². The SMILES string of the molecule is Cc1ccc(NC(=O)Cn2c(=O)n(-c3ccccc3)c(=O)c3oc4ccccc4c32)cc1. The summed E-state index contributed by atoms with van der Waals surface area (Å²) >= 11 is 0. The Morgan fingerprint density at radius 2 is 1.59 bits per heavy atom. The van der Waals surface area contributed by atoms with Gasteiger partial charge < -0.3 is 9.73 Å². The van der Waals surface area contributed by atoms with E-state index in [1.54, 1.807) is 66.7 Å². The summed E-state index contributed by atoms with van der Waals surface area (Å²) in [5, 5.41) is 3.40. The van der Waals surface area contributed by atoms with Gasteiger partial charge in [0, 0.05) is 11.1 Å². The van der Waals surface area contributed by atoms with Crippen LogP contribution in [0.3, 0.4) is 0 Å². The zero-order chi connectivity index (χ0) is 22.2. The third kappa shape index (κ3) is 3.30. The van der Waals surface area contributed by atoms with Gasteiger partial charge in [-0.3, -0.25) is 14.2 Å². The molecule has 0 saturated heterocycles. The molecule has 0 fully saturated rings. The highest BCUT2D eigenvalue weighted by molar-refractivity contribution is 6.03. The van der Waals surface area contributed by atoms with E-state index in [4.69, 9.17) is 4.42 Å². The summed E-state index contributed by atoms with van der Waals surface area (Å²) in [5.41, 5.74) is 1.72. The number of amides is 1. The number of benzene rings is 3. The van der Waals surface area contributed by atoms with E-state index >= 15 is 0 Å². The average Bonchev–Trinajstić information content (AvgIpc) is 3.19. The lowest BCUT2D eigenvalue weighted by Crippen LogP contribution is -2.40. The van der Waals surface area contributed by atoms with E-state index < -0.39 is 11.2 Å². The van der Waals surface area contributed by atoms with Crippen molar-refractivity contribution in [1.29, 1.82) is 0 Å². The van der Waals surface area contributed by atoms with Crippen LogP contribution in [-0.4, -0.2) is 15.0 Å². The molecule has 5 rings (SSSR count). The highest BCUT2D eigenvalue weighted by atomic mass is 16.3. The number of carbonyl (C=O) groups excluding carboxylic acids is 1. The van der Waals surface area contributed by atoms with Gasteiger partial charge in [-0.25, -0.2) is 9.36 Å². The van der Waals surface area contributed by atoms with Crippen molar-refractivity contribution in [1.82, 2.24) is 9.13 Å². The molecule has 5 aromatic rings. The average molecular weight is 425 g/mol. The normalized spacial score (nSPS) is 11.2. The maximum absolute atomic E-state index is 13.5. The molecule has 0 aliphatic rings. The number of rotatable bonds is 4. The standard InChI is InChI=1S/C25H19N3O4/c1-16-11-13-17(14-12-16)26-21(29)15-27-22-19-9-5-6-10-20(19)32-23(22)24(30)28(25(27)31)18-7-3-2-4-8-18/h2-14H,15H2,1H3,(H,26,29). The fourth-order valence-corrected chi connectivity index (χ4v) is 3.78. The lowest BCUT2D eigenvalue weighted by atomic mass is 10.2. The van der Waals surface area contributed by atoms with Gasteiger partial charge in [0.25, 0.3) is 0 Å². The second-order valence-corrected chi connectivity index (χ2v) is 7.53. The van der Waals surface area contributed by atoms with Crippen LogP contribution < -0.4 is 16.6 Å². The molecule has 32 heavy (non-hydrogen) atoms. The number of furan rings is 1. The number of anilines is 1. The van der Waals surface area contributed by atoms with E-state index in [2.05, 4.69) is 5.32 Å². The van der Waals surface area contributed by atoms with Crippen molar-refractivity contribution in [2.45, 2.75) is 13.5 Å². The smallest absolute Gasteiger partial charge is 0.336 e. The molecule has 0 aliphatic carbocycles. The maximum Gasteiger partial charge on any atom is 0.336 e. The molecule has 7 heteroatoms. The number of aromatic nitrogens is 2. The summed E-state index contributed by atoms with van der Waals surface area (Å²) in [7, 11) is 0. The number of nitrogens with one attached hydrogen (secondary N) is 1. The van der Waals surface area contributed by atoms with E-state index in [1.165, 1.54) is 4.57 Å². The van der Waals surface area contributed by atoms with Crippen LogP contribution >= 0.6 is 0 Å². The van der Waals surface area contributed by atoms with E-state index in [-0.39, 0.29) is 18.0 Å². The van der Waals surface area contributed by atoms with E-state index in [9.17, 15) is 14.4 Å². The summed E-state index contributed by atoms with van der Waals surface area (Å²) in [5.74, 6) is -0.388. The molecule has 2 aromatic heterocycles. The molecule has 158 valence electrons. The highest BCUT2D eigenvalue weighted by Crippen LogP contribution is 2.26. The topological polar surface area (TPSA) is 86.2 Å². The lowest BCUT2D eigenvalue weighted by molar-refractivity contribution is -0.116. The highest BCUT2D eigenvalue weighted by Gasteiger charge is 2.22. The van der Waals surface area contributed by atoms with Crippen LogP contribution in [0.4, 0.5) is 5.69 Å². The van der Waals surface area contributed by atoms with Crippen molar-refractivity contribution in [2.24, 2.45) is 0 Å². The predicted octanol–water partition coefficient (Wildman–Crippen LogP) is 3.85. The Bertz CT molecular complexity index is 1580. The molecule has 2 heterocycles. The fraction of sp³-hybridized carbons (Fsp3) is 0.0800. The van der Waals surface area contributed by atoms with Crippen LogP contribution in [-0.2, 0) is 11.3 Å². The van der Waals surface area contributed by atoms with Crippen LogP contribution in [0.15, 0.2) is 92.9 Å². The number of para-hydroxylation sites is 2. The zero-order valence-electron chi connectivity index (χ0n) is 17.2. The first kappa shape index (κ1) is 19.6. The van der Waals surface area contributed by atoms with Crippen LogP contribution in [0.5, 0.6) is 0 Å². The van der Waals surface area contributed by atoms with Crippen molar-refractivity contribution in [3.05, 3.63) is 105 Å². The van der Waals surface area contributed by atoms with Gasteiger partial charge in [-0.15, -0.1) is 0 Å². The quantitative estimate of drug-likeness (QED) is 0.474. The van der Waals surface area contributed by atoms with Gasteiger partial charge in [0.15, 0.2) is 0 Å². The van der Waals surface area contributed by atoms with E-state index in [1.807, 2.05) is 19.1 Å². The number of nitrogens with zero attached hydrogens (tertiary/aromatic N) is 2. The van der Waals surface area contributed by atoms with E-state index in [0.717, 1.165) is 10.1 Å². The Labute approximate surface area is 182 Å². The number of hydrogen-bond acceptors (Lipinski definition) is 4. The summed E-state index contributed by atoms with van der Waals surface area (Å²) in [6, 6.07) is 23.0. The monoisotopic (exact) mass is 425 g/mol. The minimum Gasteiger partial charge on any atom is -0.449 e. The summed E-state index contributed by atoms with van der Waals surface area (Å²) in [4.78, 5) is 39.6. The number of aryl methyl sites for hydroxylation is 1. The van der Waals surface area contributed by atoms with Gasteiger partial charge in [0.2, 0.25) is 11.5 Å². The van der Waals surface area contributed by atoms with Crippen molar-refractivity contribution in [3.8, 4) is 5.69 Å². The van der Waals surface area contributed by atoms with Crippen molar-refractivity contribution in [3.63, 3.8) is 0 Å². The first-order valence-electron chi connectivity index (χ1n) is 10.1. The Hall–Kier alpha value is -4.39. The molecule has 0 radical (unpaired) electrons. The van der Waals surface area contributed by atoms with Gasteiger partial charge in [0.1, 0.15) is 17.6 Å². The third-order valence-corrected chi connectivity index (χ3v) is 5.31. The van der Waals surface area contributed by atoms with Crippen LogP contribution in [0.25, 0.3) is 27.8 Å². The Balaban J connectivity index is 1.71. The predicted molar refractivity (Wildman–Crippen MR) is 123 cm³/mol. The van der Waals surface area contributed by atoms with Gasteiger partial charge in [-0.2, -0.15) is 0 Å². The lowest BCUT2D eigenvalue weighted by Gasteiger charge is -2.12. The summed E-state index contributed by atoms with van der Waals surface area (Å²) in [6.07, 6.45) is 0. The molecule has 0 bridgehead atoms. The first-order chi connectivity index (χ1) is 15.5. The molecule has 1 N–H and O–H groups in total. The molecule has 0 spiro atoms. The Morgan fingerprint density at radius 1 is 0.906 bits per heavy atom. The van der Waals surface area contributed by atoms with Crippen LogP contribution in [0, 0.1) is 6.92 Å². The van der Waals surface area contributed by atoms with Crippen molar-refractivity contribution < 1.29 is 9.21 Å². The molecular formula is C25H19N3O4. The number of hydrogen-bond donors (Lipinski definition) is 1. The Morgan fingerprint density at radius 3 is 2.34 bits per heavy atom. The minimum absolute atomic E-state index is 0.0257. The molecule has 0 atom stereocenters. The third-order valence-electron chi connectivity index (χ3n) is 5.31. The van der Waals surface area contributed by atoms with E-state index in [0.29, 0.717) is 27.9 Å². The zero-order valence-corrected chi connectivity index (χ0v) is 17.2. The molecule has 7 nitrogen and oxygen atoms in total. The number of fused-ring (bicyclic) bond motifs is 3.